The molecule has 2 heterocycles. The Balaban J connectivity index is 1.35. The number of nitrogens with zero attached hydrogens (tertiary/aromatic N) is 2. The lowest BCUT2D eigenvalue weighted by Crippen LogP contribution is -2.47. The number of fused-ring (bicyclic) bond motifs is 1. The molecule has 6 nitrogen and oxygen atoms in total. The van der Waals surface area contributed by atoms with Crippen molar-refractivity contribution in [3.8, 4) is 0 Å². The minimum absolute atomic E-state index is 0.0513. The SMILES string of the molecule is Cc1[nH]c2ccccc2c1C(C=O)CN[C@@H](Cc1ccccc1)C(=O)N(C)c1ccc(C2CCCC2)nc1. The van der Waals surface area contributed by atoms with Crippen LogP contribution in [-0.2, 0) is 16.0 Å². The van der Waals surface area contributed by atoms with Crippen LogP contribution < -0.4 is 10.2 Å². The number of carbonyl (C=O) groups excluding carboxylic acids is 2. The van der Waals surface area contributed by atoms with E-state index in [9.17, 15) is 9.59 Å². The Labute approximate surface area is 224 Å². The first kappa shape index (κ1) is 25.9. The van der Waals surface area contributed by atoms with Gasteiger partial charge in [0.15, 0.2) is 0 Å². The molecule has 0 radical (unpaired) electrons. The lowest BCUT2D eigenvalue weighted by molar-refractivity contribution is -0.120. The van der Waals surface area contributed by atoms with Crippen LogP contribution in [0.4, 0.5) is 5.69 Å². The van der Waals surface area contributed by atoms with Crippen molar-refractivity contribution < 1.29 is 9.59 Å². The molecule has 1 aliphatic carbocycles. The number of aryl methyl sites for hydroxylation is 1. The third kappa shape index (κ3) is 5.55. The molecule has 1 aliphatic rings. The number of hydrogen-bond donors (Lipinski definition) is 2. The summed E-state index contributed by atoms with van der Waals surface area (Å²) in [5, 5.41) is 4.49. The Morgan fingerprint density at radius 2 is 1.82 bits per heavy atom. The number of para-hydroxylation sites is 1. The molecule has 0 spiro atoms. The number of carbonyl (C=O) groups is 2. The van der Waals surface area contributed by atoms with E-state index in [2.05, 4.69) is 16.4 Å². The molecule has 2 N–H and O–H groups in total. The lowest BCUT2D eigenvalue weighted by atomic mass is 9.96. The molecular formula is C32H36N4O2. The first-order chi connectivity index (χ1) is 18.5. The van der Waals surface area contributed by atoms with Crippen LogP contribution in [0, 0.1) is 6.92 Å². The van der Waals surface area contributed by atoms with Crippen LogP contribution in [0.5, 0.6) is 0 Å². The van der Waals surface area contributed by atoms with Crippen molar-refractivity contribution in [3.05, 3.63) is 95.4 Å². The molecule has 2 aromatic carbocycles. The van der Waals surface area contributed by atoms with Gasteiger partial charge in [-0.25, -0.2) is 0 Å². The molecule has 0 bridgehead atoms. The number of aromatic amines is 1. The predicted octanol–water partition coefficient (Wildman–Crippen LogP) is 5.68. The average molecular weight is 509 g/mol. The number of benzene rings is 2. The smallest absolute Gasteiger partial charge is 0.244 e. The Bertz CT molecular complexity index is 1370. The number of amides is 1. The van der Waals surface area contributed by atoms with Crippen molar-refractivity contribution in [1.29, 1.82) is 0 Å². The summed E-state index contributed by atoms with van der Waals surface area (Å²) >= 11 is 0. The van der Waals surface area contributed by atoms with Gasteiger partial charge < -0.3 is 20.0 Å². The summed E-state index contributed by atoms with van der Waals surface area (Å²) in [4.78, 5) is 35.8. The Morgan fingerprint density at radius 1 is 1.08 bits per heavy atom. The normalized spacial score (nSPS) is 15.4. The van der Waals surface area contributed by atoms with E-state index in [4.69, 9.17) is 4.98 Å². The van der Waals surface area contributed by atoms with Crippen molar-refractivity contribution >= 4 is 28.8 Å². The minimum atomic E-state index is -0.495. The largest absolute Gasteiger partial charge is 0.358 e. The fraction of sp³-hybridized carbons (Fsp3) is 0.344. The van der Waals surface area contributed by atoms with Crippen LogP contribution in [0.25, 0.3) is 10.9 Å². The Morgan fingerprint density at radius 3 is 2.53 bits per heavy atom. The molecule has 2 atom stereocenters. The molecule has 4 aromatic rings. The zero-order valence-corrected chi connectivity index (χ0v) is 22.2. The minimum Gasteiger partial charge on any atom is -0.358 e. The topological polar surface area (TPSA) is 78.1 Å². The van der Waals surface area contributed by atoms with Crippen LogP contribution in [-0.4, -0.2) is 41.8 Å². The number of hydrogen-bond acceptors (Lipinski definition) is 4. The number of aldehydes is 1. The van der Waals surface area contributed by atoms with Gasteiger partial charge in [0.25, 0.3) is 0 Å². The lowest BCUT2D eigenvalue weighted by Gasteiger charge is -2.26. The number of pyridine rings is 1. The third-order valence-electron chi connectivity index (χ3n) is 7.91. The van der Waals surface area contributed by atoms with Crippen molar-refractivity contribution in [2.45, 2.75) is 56.9 Å². The summed E-state index contributed by atoms with van der Waals surface area (Å²) in [6.07, 6.45) is 8.23. The van der Waals surface area contributed by atoms with Crippen molar-refractivity contribution in [3.63, 3.8) is 0 Å². The summed E-state index contributed by atoms with van der Waals surface area (Å²) in [5.74, 6) is 0.102. The summed E-state index contributed by atoms with van der Waals surface area (Å²) in [6.45, 7) is 2.36. The predicted molar refractivity (Wildman–Crippen MR) is 153 cm³/mol. The maximum absolute atomic E-state index is 13.8. The van der Waals surface area contributed by atoms with E-state index in [0.717, 1.165) is 45.4 Å². The monoisotopic (exact) mass is 508 g/mol. The van der Waals surface area contributed by atoms with E-state index < -0.39 is 6.04 Å². The highest BCUT2D eigenvalue weighted by Gasteiger charge is 2.27. The van der Waals surface area contributed by atoms with E-state index in [1.807, 2.05) is 73.8 Å². The molecule has 1 saturated carbocycles. The molecule has 1 unspecified atom stereocenters. The number of anilines is 1. The summed E-state index contributed by atoms with van der Waals surface area (Å²) < 4.78 is 0. The van der Waals surface area contributed by atoms with Crippen molar-refractivity contribution in [2.75, 3.05) is 18.5 Å². The molecule has 1 fully saturated rings. The molecule has 5 rings (SSSR count). The van der Waals surface area contributed by atoms with E-state index in [-0.39, 0.29) is 11.8 Å². The quantitative estimate of drug-likeness (QED) is 0.270. The van der Waals surface area contributed by atoms with Gasteiger partial charge in [-0.15, -0.1) is 0 Å². The third-order valence-corrected chi connectivity index (χ3v) is 7.91. The van der Waals surface area contributed by atoms with E-state index in [1.54, 1.807) is 11.9 Å². The second-order valence-corrected chi connectivity index (χ2v) is 10.4. The van der Waals surface area contributed by atoms with Crippen LogP contribution in [0.2, 0.25) is 0 Å². The van der Waals surface area contributed by atoms with Crippen LogP contribution in [0.3, 0.4) is 0 Å². The maximum Gasteiger partial charge on any atom is 0.244 e. The van der Waals surface area contributed by atoms with Gasteiger partial charge in [0, 0.05) is 41.8 Å². The summed E-state index contributed by atoms with van der Waals surface area (Å²) in [6, 6.07) is 21.6. The first-order valence-corrected chi connectivity index (χ1v) is 13.6. The van der Waals surface area contributed by atoms with Gasteiger partial charge >= 0.3 is 0 Å². The number of nitrogens with one attached hydrogen (secondary N) is 2. The molecule has 1 amide bonds. The molecular weight excluding hydrogens is 472 g/mol. The Hall–Kier alpha value is -3.77. The molecule has 6 heteroatoms. The van der Waals surface area contributed by atoms with Gasteiger partial charge in [-0.2, -0.15) is 0 Å². The molecule has 196 valence electrons. The summed E-state index contributed by atoms with van der Waals surface area (Å²) in [7, 11) is 1.80. The maximum atomic E-state index is 13.8. The highest BCUT2D eigenvalue weighted by molar-refractivity contribution is 5.97. The van der Waals surface area contributed by atoms with Gasteiger partial charge in [0.2, 0.25) is 5.91 Å². The fourth-order valence-electron chi connectivity index (χ4n) is 5.78. The van der Waals surface area contributed by atoms with E-state index in [1.165, 1.54) is 25.7 Å². The van der Waals surface area contributed by atoms with Gasteiger partial charge in [-0.1, -0.05) is 61.4 Å². The van der Waals surface area contributed by atoms with Gasteiger partial charge in [0.1, 0.15) is 6.29 Å². The van der Waals surface area contributed by atoms with Crippen molar-refractivity contribution in [1.82, 2.24) is 15.3 Å². The number of rotatable bonds is 10. The number of likely N-dealkylation sites (N-methyl/N-ethyl adjacent to an activating group) is 1. The fourth-order valence-corrected chi connectivity index (χ4v) is 5.78. The summed E-state index contributed by atoms with van der Waals surface area (Å²) in [5.41, 5.74) is 5.92. The second kappa shape index (κ2) is 11.7. The van der Waals surface area contributed by atoms with Crippen LogP contribution in [0.1, 0.15) is 60.0 Å². The highest BCUT2D eigenvalue weighted by Crippen LogP contribution is 2.33. The zero-order chi connectivity index (χ0) is 26.5. The van der Waals surface area contributed by atoms with Crippen LogP contribution >= 0.6 is 0 Å². The van der Waals surface area contributed by atoms with E-state index >= 15 is 0 Å². The first-order valence-electron chi connectivity index (χ1n) is 13.6. The van der Waals surface area contributed by atoms with Gasteiger partial charge in [-0.05, 0) is 55.5 Å². The number of aromatic nitrogens is 2. The number of H-pyrrole nitrogens is 1. The van der Waals surface area contributed by atoms with E-state index in [0.29, 0.717) is 18.9 Å². The van der Waals surface area contributed by atoms with Gasteiger partial charge in [0.05, 0.1) is 23.8 Å². The molecule has 0 aliphatic heterocycles. The average Bonchev–Trinajstić information content (AvgIpc) is 3.61. The van der Waals surface area contributed by atoms with Gasteiger partial charge in [-0.3, -0.25) is 9.78 Å². The van der Waals surface area contributed by atoms with Crippen molar-refractivity contribution in [2.24, 2.45) is 0 Å². The molecule has 2 aromatic heterocycles. The standard InChI is InChI=1S/C32H36N4O2/c1-22-31(27-14-8-9-15-29(27)35-22)25(21-37)19-33-30(18-23-10-4-3-5-11-23)32(38)36(2)26-16-17-28(34-20-26)24-12-6-7-13-24/h3-5,8-11,14-17,20-21,24-25,30,33,35H,6-7,12-13,18-19H2,1-2H3/t25?,30-/m0/s1. The van der Waals surface area contributed by atoms with Crippen LogP contribution in [0.15, 0.2) is 72.9 Å². The second-order valence-electron chi connectivity index (χ2n) is 10.4. The highest BCUT2D eigenvalue weighted by atomic mass is 16.2. The zero-order valence-electron chi connectivity index (χ0n) is 22.2. The molecule has 38 heavy (non-hydrogen) atoms. The Kier molecular flexibility index (Phi) is 7.99. The molecule has 0 saturated heterocycles.